The van der Waals surface area contributed by atoms with Crippen LogP contribution in [0, 0.1) is 0 Å². The number of carbonyl (C=O) groups is 1. The lowest BCUT2D eigenvalue weighted by molar-refractivity contribution is 0.100. The third-order valence-corrected chi connectivity index (χ3v) is 2.62. The van der Waals surface area contributed by atoms with E-state index >= 15 is 0 Å². The van der Waals surface area contributed by atoms with E-state index in [1.165, 1.54) is 0 Å². The summed E-state index contributed by atoms with van der Waals surface area (Å²) in [6.07, 6.45) is 0. The van der Waals surface area contributed by atoms with Gasteiger partial charge in [-0.05, 0) is 24.3 Å². The molecule has 1 heterocycles. The van der Waals surface area contributed by atoms with Gasteiger partial charge in [0.05, 0.1) is 0 Å². The largest absolute Gasteiger partial charge is 0.439 e. The van der Waals surface area contributed by atoms with E-state index in [4.69, 9.17) is 16.2 Å². The molecule has 0 radical (unpaired) electrons. The van der Waals surface area contributed by atoms with Crippen LogP contribution < -0.4 is 16.2 Å². The van der Waals surface area contributed by atoms with E-state index in [-0.39, 0.29) is 5.92 Å². The van der Waals surface area contributed by atoms with Crippen LogP contribution in [-0.4, -0.2) is 15.9 Å². The van der Waals surface area contributed by atoms with Gasteiger partial charge in [0.2, 0.25) is 11.8 Å². The van der Waals surface area contributed by atoms with Gasteiger partial charge in [-0.25, -0.2) is 4.98 Å². The predicted octanol–water partition coefficient (Wildman–Crippen LogP) is 2.07. The van der Waals surface area contributed by atoms with Gasteiger partial charge >= 0.3 is 0 Å². The molecule has 6 nitrogen and oxygen atoms in total. The second kappa shape index (κ2) is 5.56. The van der Waals surface area contributed by atoms with Crippen LogP contribution in [0.1, 0.15) is 35.9 Å². The Kier molecular flexibility index (Phi) is 3.84. The van der Waals surface area contributed by atoms with E-state index in [0.29, 0.717) is 28.8 Å². The smallest absolute Gasteiger partial charge is 0.248 e. The van der Waals surface area contributed by atoms with Crippen LogP contribution in [0.2, 0.25) is 0 Å². The van der Waals surface area contributed by atoms with E-state index in [1.54, 1.807) is 30.3 Å². The number of hydrogen-bond acceptors (Lipinski definition) is 5. The number of nitrogens with two attached hydrogens (primary N) is 2. The fraction of sp³-hybridized carbons (Fsp3) is 0.214. The average Bonchev–Trinajstić information content (AvgIpc) is 2.38. The zero-order valence-electron chi connectivity index (χ0n) is 11.3. The molecule has 1 amide bonds. The van der Waals surface area contributed by atoms with Crippen molar-refractivity contribution in [2.24, 2.45) is 5.73 Å². The highest BCUT2D eigenvalue weighted by atomic mass is 16.5. The summed E-state index contributed by atoms with van der Waals surface area (Å²) < 4.78 is 5.60. The number of nitrogens with zero attached hydrogens (tertiary/aromatic N) is 2. The molecule has 20 heavy (non-hydrogen) atoms. The highest BCUT2D eigenvalue weighted by Crippen LogP contribution is 2.23. The maximum absolute atomic E-state index is 11.0. The Morgan fingerprint density at radius 1 is 1.20 bits per heavy atom. The lowest BCUT2D eigenvalue weighted by Gasteiger charge is -2.09. The molecule has 0 bridgehead atoms. The van der Waals surface area contributed by atoms with Gasteiger partial charge in [-0.15, -0.1) is 0 Å². The van der Waals surface area contributed by atoms with Crippen molar-refractivity contribution in [1.82, 2.24) is 9.97 Å². The fourth-order valence-corrected chi connectivity index (χ4v) is 1.58. The second-order valence-electron chi connectivity index (χ2n) is 4.63. The highest BCUT2D eigenvalue weighted by Gasteiger charge is 2.08. The first-order chi connectivity index (χ1) is 9.45. The lowest BCUT2D eigenvalue weighted by Crippen LogP contribution is -2.10. The third kappa shape index (κ3) is 3.23. The van der Waals surface area contributed by atoms with Crippen LogP contribution in [0.3, 0.4) is 0 Å². The fourth-order valence-electron chi connectivity index (χ4n) is 1.58. The molecule has 0 saturated carbocycles. The number of hydrogen-bond donors (Lipinski definition) is 2. The molecule has 0 aliphatic heterocycles. The molecule has 1 aromatic heterocycles. The number of primary amides is 1. The van der Waals surface area contributed by atoms with Crippen molar-refractivity contribution in [1.29, 1.82) is 0 Å². The number of amides is 1. The summed E-state index contributed by atoms with van der Waals surface area (Å²) in [6.45, 7) is 3.94. The molecule has 0 aliphatic rings. The number of aromatic nitrogens is 2. The number of benzene rings is 1. The van der Waals surface area contributed by atoms with Gasteiger partial charge in [0.15, 0.2) is 0 Å². The number of rotatable bonds is 4. The minimum atomic E-state index is -0.482. The summed E-state index contributed by atoms with van der Waals surface area (Å²) in [5.74, 6) is 1.56. The molecule has 2 aromatic rings. The zero-order chi connectivity index (χ0) is 14.7. The second-order valence-corrected chi connectivity index (χ2v) is 4.63. The molecule has 0 unspecified atom stereocenters. The zero-order valence-corrected chi connectivity index (χ0v) is 11.3. The Morgan fingerprint density at radius 3 is 2.40 bits per heavy atom. The summed E-state index contributed by atoms with van der Waals surface area (Å²) in [5, 5.41) is 0. The van der Waals surface area contributed by atoms with Gasteiger partial charge in [-0.1, -0.05) is 13.8 Å². The summed E-state index contributed by atoms with van der Waals surface area (Å²) in [5.41, 5.74) is 11.3. The Balaban J connectivity index is 2.23. The molecule has 1 aromatic carbocycles. The minimum Gasteiger partial charge on any atom is -0.439 e. The van der Waals surface area contributed by atoms with E-state index in [1.807, 2.05) is 13.8 Å². The molecular formula is C14H16N4O2. The molecular weight excluding hydrogens is 256 g/mol. The van der Waals surface area contributed by atoms with Crippen LogP contribution in [0.4, 0.5) is 5.82 Å². The SMILES string of the molecule is CC(C)c1nc(N)cc(Oc2ccc(C(N)=O)cc2)n1. The predicted molar refractivity (Wildman–Crippen MR) is 75.6 cm³/mol. The number of carbonyl (C=O) groups excluding carboxylic acids is 1. The topological polar surface area (TPSA) is 104 Å². The summed E-state index contributed by atoms with van der Waals surface area (Å²) in [7, 11) is 0. The van der Waals surface area contributed by atoms with Crippen molar-refractivity contribution in [3.8, 4) is 11.6 Å². The molecule has 0 saturated heterocycles. The first-order valence-corrected chi connectivity index (χ1v) is 6.18. The van der Waals surface area contributed by atoms with Gasteiger partial charge < -0.3 is 16.2 Å². The van der Waals surface area contributed by atoms with Crippen LogP contribution in [0.15, 0.2) is 30.3 Å². The van der Waals surface area contributed by atoms with E-state index in [9.17, 15) is 4.79 Å². The van der Waals surface area contributed by atoms with Crippen molar-refractivity contribution in [3.05, 3.63) is 41.7 Å². The number of nitrogen functional groups attached to an aromatic ring is 1. The van der Waals surface area contributed by atoms with Gasteiger partial charge in [-0.2, -0.15) is 4.98 Å². The maximum Gasteiger partial charge on any atom is 0.248 e. The van der Waals surface area contributed by atoms with E-state index in [0.717, 1.165) is 0 Å². The molecule has 0 spiro atoms. The summed E-state index contributed by atoms with van der Waals surface area (Å²) >= 11 is 0. The summed E-state index contributed by atoms with van der Waals surface area (Å²) in [4.78, 5) is 19.4. The Bertz CT molecular complexity index is 624. The molecule has 0 aliphatic carbocycles. The monoisotopic (exact) mass is 272 g/mol. The molecule has 0 fully saturated rings. The molecule has 0 atom stereocenters. The minimum absolute atomic E-state index is 0.151. The van der Waals surface area contributed by atoms with Crippen molar-refractivity contribution in [3.63, 3.8) is 0 Å². The van der Waals surface area contributed by atoms with Gasteiger partial charge in [0.1, 0.15) is 17.4 Å². The van der Waals surface area contributed by atoms with Crippen LogP contribution in [-0.2, 0) is 0 Å². The quantitative estimate of drug-likeness (QED) is 0.886. The van der Waals surface area contributed by atoms with Crippen molar-refractivity contribution >= 4 is 11.7 Å². The van der Waals surface area contributed by atoms with Crippen LogP contribution >= 0.6 is 0 Å². The molecule has 104 valence electrons. The summed E-state index contributed by atoms with van der Waals surface area (Å²) in [6, 6.07) is 8.02. The highest BCUT2D eigenvalue weighted by molar-refractivity contribution is 5.92. The normalized spacial score (nSPS) is 10.6. The number of anilines is 1. The van der Waals surface area contributed by atoms with Gasteiger partial charge in [0, 0.05) is 17.5 Å². The van der Waals surface area contributed by atoms with E-state index in [2.05, 4.69) is 9.97 Å². The maximum atomic E-state index is 11.0. The van der Waals surface area contributed by atoms with Crippen LogP contribution in [0.5, 0.6) is 11.6 Å². The molecule has 6 heteroatoms. The van der Waals surface area contributed by atoms with Gasteiger partial charge in [-0.3, -0.25) is 4.79 Å². The first-order valence-electron chi connectivity index (χ1n) is 6.18. The van der Waals surface area contributed by atoms with Crippen LogP contribution in [0.25, 0.3) is 0 Å². The van der Waals surface area contributed by atoms with Crippen molar-refractivity contribution in [2.45, 2.75) is 19.8 Å². The lowest BCUT2D eigenvalue weighted by atomic mass is 10.2. The van der Waals surface area contributed by atoms with E-state index < -0.39 is 5.91 Å². The van der Waals surface area contributed by atoms with Gasteiger partial charge in [0.25, 0.3) is 0 Å². The first kappa shape index (κ1) is 13.8. The standard InChI is InChI=1S/C14H16N4O2/c1-8(2)14-17-11(15)7-12(18-14)20-10-5-3-9(4-6-10)13(16)19/h3-8H,1-2H3,(H2,16,19)(H2,15,17,18). The number of ether oxygens (including phenoxy) is 1. The molecule has 4 N–H and O–H groups in total. The van der Waals surface area contributed by atoms with Crippen molar-refractivity contribution < 1.29 is 9.53 Å². The third-order valence-electron chi connectivity index (χ3n) is 2.62. The Morgan fingerprint density at radius 2 is 1.85 bits per heavy atom. The average molecular weight is 272 g/mol. The van der Waals surface area contributed by atoms with Crippen molar-refractivity contribution in [2.75, 3.05) is 5.73 Å². The Hall–Kier alpha value is -2.63. The molecule has 2 rings (SSSR count). The Labute approximate surface area is 116 Å².